The summed E-state index contributed by atoms with van der Waals surface area (Å²) in [4.78, 5) is 12.8. The Labute approximate surface area is 118 Å². The van der Waals surface area contributed by atoms with Gasteiger partial charge in [-0.05, 0) is 24.4 Å². The molecule has 0 saturated carbocycles. The van der Waals surface area contributed by atoms with Crippen molar-refractivity contribution in [3.05, 3.63) is 10.6 Å². The second kappa shape index (κ2) is 5.66. The van der Waals surface area contributed by atoms with E-state index >= 15 is 0 Å². The molecule has 104 valence electrons. The van der Waals surface area contributed by atoms with Gasteiger partial charge in [-0.25, -0.2) is 0 Å². The largest absolute Gasteiger partial charge is 0.333 e. The first-order valence-electron chi connectivity index (χ1n) is 6.36. The molecule has 1 aromatic heterocycles. The molecule has 0 aliphatic heterocycles. The second-order valence-corrected chi connectivity index (χ2v) is 6.31. The topological polar surface area (TPSA) is 78.7 Å². The summed E-state index contributed by atoms with van der Waals surface area (Å²) in [7, 11) is 0. The van der Waals surface area contributed by atoms with Gasteiger partial charge in [0.05, 0.1) is 11.8 Å². The van der Waals surface area contributed by atoms with E-state index in [1.165, 1.54) is 0 Å². The van der Waals surface area contributed by atoms with Gasteiger partial charge in [0, 0.05) is 5.41 Å². The fraction of sp³-hybridized carbons (Fsp3) is 0.692. The number of carbonyl (C=O) groups is 1. The predicted molar refractivity (Wildman–Crippen MR) is 75.0 cm³/mol. The van der Waals surface area contributed by atoms with Crippen molar-refractivity contribution in [1.82, 2.24) is 14.9 Å². The van der Waals surface area contributed by atoms with E-state index in [2.05, 4.69) is 21.0 Å². The van der Waals surface area contributed by atoms with E-state index in [-0.39, 0.29) is 11.3 Å². The zero-order chi connectivity index (χ0) is 14.7. The standard InChI is InChI=1S/C13H20N4OS/c1-6-13(7-2,8-14)15-11(18)9-10(12(3,4)5)16-17-19-9/h6-7H2,1-5H3,(H,15,18). The number of nitrogens with one attached hydrogen (secondary N) is 1. The third-order valence-electron chi connectivity index (χ3n) is 3.18. The first kappa shape index (κ1) is 15.6. The summed E-state index contributed by atoms with van der Waals surface area (Å²) in [6, 6.07) is 2.20. The average molecular weight is 280 g/mol. The van der Waals surface area contributed by atoms with E-state index in [0.717, 1.165) is 11.5 Å². The molecule has 6 heteroatoms. The minimum atomic E-state index is -0.809. The Kier molecular flexibility index (Phi) is 4.64. The van der Waals surface area contributed by atoms with E-state index in [1.54, 1.807) is 0 Å². The first-order valence-corrected chi connectivity index (χ1v) is 7.13. The molecule has 0 aliphatic rings. The second-order valence-electron chi connectivity index (χ2n) is 5.56. The summed E-state index contributed by atoms with van der Waals surface area (Å²) in [5.74, 6) is -0.259. The zero-order valence-electron chi connectivity index (χ0n) is 12.1. The molecule has 0 unspecified atom stereocenters. The first-order chi connectivity index (χ1) is 8.79. The molecule has 0 spiro atoms. The molecule has 1 amide bonds. The molecule has 1 N–H and O–H groups in total. The molecule has 1 aromatic rings. The number of nitrogens with zero attached hydrogens (tertiary/aromatic N) is 3. The van der Waals surface area contributed by atoms with Gasteiger partial charge in [0.1, 0.15) is 10.4 Å². The monoisotopic (exact) mass is 280 g/mol. The highest BCUT2D eigenvalue weighted by Crippen LogP contribution is 2.26. The Bertz CT molecular complexity index is 491. The van der Waals surface area contributed by atoms with Crippen LogP contribution in [0.5, 0.6) is 0 Å². The molecule has 0 fully saturated rings. The van der Waals surface area contributed by atoms with Crippen molar-refractivity contribution in [3.8, 4) is 6.07 Å². The number of rotatable bonds is 4. The van der Waals surface area contributed by atoms with Crippen LogP contribution in [0, 0.1) is 11.3 Å². The molecule has 1 rings (SSSR count). The smallest absolute Gasteiger partial charge is 0.266 e. The van der Waals surface area contributed by atoms with Crippen LogP contribution < -0.4 is 5.32 Å². The summed E-state index contributed by atoms with van der Waals surface area (Å²) in [5, 5.41) is 16.1. The summed E-state index contributed by atoms with van der Waals surface area (Å²) in [6.07, 6.45) is 1.14. The van der Waals surface area contributed by atoms with Crippen molar-refractivity contribution < 1.29 is 4.79 Å². The van der Waals surface area contributed by atoms with E-state index in [1.807, 2.05) is 34.6 Å². The Morgan fingerprint density at radius 3 is 2.37 bits per heavy atom. The average Bonchev–Trinajstić information content (AvgIpc) is 2.85. The van der Waals surface area contributed by atoms with Gasteiger partial charge in [-0.3, -0.25) is 4.79 Å². The third kappa shape index (κ3) is 3.29. The number of hydrogen-bond donors (Lipinski definition) is 1. The molecular weight excluding hydrogens is 260 g/mol. The van der Waals surface area contributed by atoms with Gasteiger partial charge in [0.2, 0.25) is 0 Å². The molecule has 0 aliphatic carbocycles. The van der Waals surface area contributed by atoms with E-state index in [9.17, 15) is 10.1 Å². The maximum atomic E-state index is 12.3. The van der Waals surface area contributed by atoms with Gasteiger partial charge < -0.3 is 5.32 Å². The molecule has 0 atom stereocenters. The number of nitriles is 1. The minimum absolute atomic E-state index is 0.243. The van der Waals surface area contributed by atoms with Crippen LogP contribution in [-0.4, -0.2) is 21.0 Å². The predicted octanol–water partition coefficient (Wildman–Crippen LogP) is 2.65. The van der Waals surface area contributed by atoms with Gasteiger partial charge in [-0.15, -0.1) is 5.10 Å². The van der Waals surface area contributed by atoms with Crippen molar-refractivity contribution in [2.75, 3.05) is 0 Å². The Morgan fingerprint density at radius 1 is 1.37 bits per heavy atom. The highest BCUT2D eigenvalue weighted by molar-refractivity contribution is 7.08. The lowest BCUT2D eigenvalue weighted by atomic mass is 9.90. The maximum absolute atomic E-state index is 12.3. The normalized spacial score (nSPS) is 12.0. The lowest BCUT2D eigenvalue weighted by molar-refractivity contribution is 0.0917. The highest BCUT2D eigenvalue weighted by Gasteiger charge is 2.32. The summed E-state index contributed by atoms with van der Waals surface area (Å²) >= 11 is 1.07. The molecule has 0 aromatic carbocycles. The van der Waals surface area contributed by atoms with E-state index in [0.29, 0.717) is 23.4 Å². The molecule has 0 saturated heterocycles. The minimum Gasteiger partial charge on any atom is -0.333 e. The summed E-state index contributed by atoms with van der Waals surface area (Å²) in [6.45, 7) is 9.73. The lowest BCUT2D eigenvalue weighted by Gasteiger charge is -2.25. The van der Waals surface area contributed by atoms with Gasteiger partial charge in [-0.2, -0.15) is 5.26 Å². The molecule has 5 nitrogen and oxygen atoms in total. The van der Waals surface area contributed by atoms with Crippen molar-refractivity contribution in [1.29, 1.82) is 5.26 Å². The fourth-order valence-corrected chi connectivity index (χ4v) is 2.49. The van der Waals surface area contributed by atoms with Crippen molar-refractivity contribution in [2.45, 2.75) is 58.4 Å². The number of aromatic nitrogens is 2. The molecule has 0 radical (unpaired) electrons. The van der Waals surface area contributed by atoms with Crippen LogP contribution in [0.1, 0.15) is 62.8 Å². The Balaban J connectivity index is 3.04. The van der Waals surface area contributed by atoms with Crippen LogP contribution in [0.3, 0.4) is 0 Å². The Morgan fingerprint density at radius 2 is 1.95 bits per heavy atom. The van der Waals surface area contributed by atoms with E-state index < -0.39 is 5.54 Å². The van der Waals surface area contributed by atoms with Crippen LogP contribution in [0.15, 0.2) is 0 Å². The van der Waals surface area contributed by atoms with Crippen molar-refractivity contribution >= 4 is 17.4 Å². The number of hydrogen-bond acceptors (Lipinski definition) is 5. The lowest BCUT2D eigenvalue weighted by Crippen LogP contribution is -2.46. The third-order valence-corrected chi connectivity index (χ3v) is 3.90. The fourth-order valence-electron chi connectivity index (χ4n) is 1.72. The zero-order valence-corrected chi connectivity index (χ0v) is 12.9. The van der Waals surface area contributed by atoms with Gasteiger partial charge in [0.15, 0.2) is 0 Å². The van der Waals surface area contributed by atoms with E-state index in [4.69, 9.17) is 0 Å². The molecule has 1 heterocycles. The van der Waals surface area contributed by atoms with Gasteiger partial charge in [-0.1, -0.05) is 39.1 Å². The summed E-state index contributed by atoms with van der Waals surface area (Å²) in [5.41, 5.74) is -0.377. The maximum Gasteiger partial charge on any atom is 0.266 e. The van der Waals surface area contributed by atoms with Crippen LogP contribution >= 0.6 is 11.5 Å². The molecule has 0 bridgehead atoms. The number of amides is 1. The van der Waals surface area contributed by atoms with Gasteiger partial charge in [0.25, 0.3) is 5.91 Å². The number of carbonyl (C=O) groups excluding carboxylic acids is 1. The highest BCUT2D eigenvalue weighted by atomic mass is 32.1. The summed E-state index contributed by atoms with van der Waals surface area (Å²) < 4.78 is 3.87. The molecular formula is C13H20N4OS. The van der Waals surface area contributed by atoms with Crippen molar-refractivity contribution in [3.63, 3.8) is 0 Å². The van der Waals surface area contributed by atoms with Crippen LogP contribution in [0.2, 0.25) is 0 Å². The van der Waals surface area contributed by atoms with Gasteiger partial charge >= 0.3 is 0 Å². The Hall–Kier alpha value is -1.48. The quantitative estimate of drug-likeness (QED) is 0.919. The van der Waals surface area contributed by atoms with Crippen LogP contribution in [0.25, 0.3) is 0 Å². The molecule has 19 heavy (non-hydrogen) atoms. The van der Waals surface area contributed by atoms with Crippen LogP contribution in [0.4, 0.5) is 0 Å². The SMILES string of the molecule is CCC(C#N)(CC)NC(=O)c1snnc1C(C)(C)C. The van der Waals surface area contributed by atoms with Crippen molar-refractivity contribution in [2.24, 2.45) is 0 Å². The van der Waals surface area contributed by atoms with Crippen LogP contribution in [-0.2, 0) is 5.41 Å².